The van der Waals surface area contributed by atoms with Crippen molar-refractivity contribution in [3.63, 3.8) is 0 Å². The normalized spacial score (nSPS) is 10.8. The van der Waals surface area contributed by atoms with E-state index in [0.29, 0.717) is 4.70 Å². The lowest BCUT2D eigenvalue weighted by Crippen LogP contribution is -2.02. The molecular formula is C16H11BrO3S. The van der Waals surface area contributed by atoms with Crippen LogP contribution in [0.15, 0.2) is 46.3 Å². The number of esters is 1. The monoisotopic (exact) mass is 362 g/mol. The van der Waals surface area contributed by atoms with Crippen LogP contribution < -0.4 is 0 Å². The molecule has 3 nitrogen and oxygen atoms in total. The highest BCUT2D eigenvalue weighted by atomic mass is 79.9. The molecule has 0 bridgehead atoms. The van der Waals surface area contributed by atoms with Crippen molar-refractivity contribution in [2.45, 2.75) is 0 Å². The quantitative estimate of drug-likeness (QED) is 0.664. The molecule has 0 unspecified atom stereocenters. The Balaban J connectivity index is 2.31. The van der Waals surface area contributed by atoms with Gasteiger partial charge in [0.05, 0.1) is 11.8 Å². The maximum Gasteiger partial charge on any atom is 0.341 e. The highest BCUT2D eigenvalue weighted by molar-refractivity contribution is 9.10. The summed E-state index contributed by atoms with van der Waals surface area (Å²) in [5, 5.41) is 13.1. The molecule has 0 radical (unpaired) electrons. The van der Waals surface area contributed by atoms with E-state index >= 15 is 0 Å². The van der Waals surface area contributed by atoms with Crippen molar-refractivity contribution in [1.82, 2.24) is 0 Å². The molecule has 0 aliphatic carbocycles. The first-order valence-corrected chi connectivity index (χ1v) is 7.86. The van der Waals surface area contributed by atoms with Crippen molar-refractivity contribution in [1.29, 1.82) is 0 Å². The number of carbonyl (C=O) groups excluding carboxylic acids is 1. The molecule has 1 heterocycles. The SMILES string of the molecule is COC(=O)c1cc(-c2ccc(Br)cc2)c2ccsc2c1O. The van der Waals surface area contributed by atoms with Gasteiger partial charge in [-0.3, -0.25) is 0 Å². The zero-order valence-corrected chi connectivity index (χ0v) is 13.5. The molecule has 3 aromatic rings. The molecule has 0 atom stereocenters. The van der Waals surface area contributed by atoms with Crippen LogP contribution in [0.25, 0.3) is 21.2 Å². The van der Waals surface area contributed by atoms with Crippen LogP contribution in [0.1, 0.15) is 10.4 Å². The van der Waals surface area contributed by atoms with Gasteiger partial charge in [0, 0.05) is 9.86 Å². The maximum atomic E-state index is 11.9. The van der Waals surface area contributed by atoms with Crippen LogP contribution >= 0.6 is 27.3 Å². The van der Waals surface area contributed by atoms with Gasteiger partial charge in [-0.2, -0.15) is 0 Å². The number of ether oxygens (including phenoxy) is 1. The van der Waals surface area contributed by atoms with Crippen molar-refractivity contribution in [3.8, 4) is 16.9 Å². The topological polar surface area (TPSA) is 46.5 Å². The number of rotatable bonds is 2. The van der Waals surface area contributed by atoms with Gasteiger partial charge in [0.2, 0.25) is 0 Å². The molecule has 106 valence electrons. The highest BCUT2D eigenvalue weighted by Gasteiger charge is 2.19. The second-order valence-corrected chi connectivity index (χ2v) is 6.31. The Bertz CT molecular complexity index is 821. The van der Waals surface area contributed by atoms with E-state index in [9.17, 15) is 9.90 Å². The fraction of sp³-hybridized carbons (Fsp3) is 0.0625. The van der Waals surface area contributed by atoms with Gasteiger partial charge in [-0.15, -0.1) is 11.3 Å². The van der Waals surface area contributed by atoms with Gasteiger partial charge >= 0.3 is 5.97 Å². The van der Waals surface area contributed by atoms with Crippen LogP contribution in [0.5, 0.6) is 5.75 Å². The number of benzene rings is 2. The van der Waals surface area contributed by atoms with E-state index < -0.39 is 5.97 Å². The van der Waals surface area contributed by atoms with Gasteiger partial charge < -0.3 is 9.84 Å². The number of carbonyl (C=O) groups is 1. The summed E-state index contributed by atoms with van der Waals surface area (Å²) >= 11 is 4.81. The number of phenols is 1. The smallest absolute Gasteiger partial charge is 0.341 e. The Morgan fingerprint density at radius 3 is 2.62 bits per heavy atom. The Labute approximate surface area is 133 Å². The molecule has 0 fully saturated rings. The van der Waals surface area contributed by atoms with Crippen molar-refractivity contribution < 1.29 is 14.6 Å². The second kappa shape index (κ2) is 5.50. The summed E-state index contributed by atoms with van der Waals surface area (Å²) in [4.78, 5) is 11.9. The lowest BCUT2D eigenvalue weighted by molar-refractivity contribution is 0.0598. The van der Waals surface area contributed by atoms with Gasteiger partial charge in [-0.05, 0) is 40.8 Å². The van der Waals surface area contributed by atoms with Gasteiger partial charge in [0.1, 0.15) is 11.3 Å². The molecular weight excluding hydrogens is 352 g/mol. The summed E-state index contributed by atoms with van der Waals surface area (Å²) in [5.74, 6) is -0.561. The van der Waals surface area contributed by atoms with Crippen LogP contribution in [-0.2, 0) is 4.74 Å². The lowest BCUT2D eigenvalue weighted by atomic mass is 9.98. The molecule has 1 aromatic heterocycles. The largest absolute Gasteiger partial charge is 0.506 e. The molecule has 1 N–H and O–H groups in total. The predicted molar refractivity (Wildman–Crippen MR) is 88.0 cm³/mol. The Morgan fingerprint density at radius 2 is 1.95 bits per heavy atom. The first-order chi connectivity index (χ1) is 10.1. The maximum absolute atomic E-state index is 11.9. The molecule has 3 rings (SSSR count). The molecule has 0 saturated carbocycles. The summed E-state index contributed by atoms with van der Waals surface area (Å²) in [6.07, 6.45) is 0. The third-order valence-corrected chi connectivity index (χ3v) is 4.72. The zero-order chi connectivity index (χ0) is 15.0. The minimum absolute atomic E-state index is 0.0206. The van der Waals surface area contributed by atoms with E-state index in [1.54, 1.807) is 6.07 Å². The summed E-state index contributed by atoms with van der Waals surface area (Å²) in [6, 6.07) is 11.4. The van der Waals surface area contributed by atoms with E-state index in [0.717, 1.165) is 21.0 Å². The molecule has 2 aromatic carbocycles. The van der Waals surface area contributed by atoms with Crippen molar-refractivity contribution >= 4 is 43.3 Å². The van der Waals surface area contributed by atoms with Crippen LogP contribution in [0.4, 0.5) is 0 Å². The molecule has 0 spiro atoms. The van der Waals surface area contributed by atoms with Crippen molar-refractivity contribution in [2.75, 3.05) is 7.11 Å². The first kappa shape index (κ1) is 14.1. The number of hydrogen-bond acceptors (Lipinski definition) is 4. The second-order valence-electron chi connectivity index (χ2n) is 4.48. The van der Waals surface area contributed by atoms with Gasteiger partial charge in [-0.1, -0.05) is 28.1 Å². The van der Waals surface area contributed by atoms with E-state index in [1.165, 1.54) is 18.4 Å². The number of thiophene rings is 1. The number of fused-ring (bicyclic) bond motifs is 1. The number of methoxy groups -OCH3 is 1. The predicted octanol–water partition coefficient (Wildman–Crippen LogP) is 4.82. The third-order valence-electron chi connectivity index (χ3n) is 3.27. The highest BCUT2D eigenvalue weighted by Crippen LogP contribution is 2.40. The number of hydrogen-bond donors (Lipinski definition) is 1. The van der Waals surface area contributed by atoms with Gasteiger partial charge in [0.15, 0.2) is 0 Å². The molecule has 0 amide bonds. The number of aromatic hydroxyl groups is 1. The van der Waals surface area contributed by atoms with Crippen LogP contribution in [-0.4, -0.2) is 18.2 Å². The molecule has 0 aliphatic rings. The van der Waals surface area contributed by atoms with Crippen molar-refractivity contribution in [2.24, 2.45) is 0 Å². The van der Waals surface area contributed by atoms with Crippen LogP contribution in [0, 0.1) is 0 Å². The zero-order valence-electron chi connectivity index (χ0n) is 11.1. The first-order valence-electron chi connectivity index (χ1n) is 6.19. The van der Waals surface area contributed by atoms with E-state index in [2.05, 4.69) is 15.9 Å². The summed E-state index contributed by atoms with van der Waals surface area (Å²) in [5.41, 5.74) is 2.06. The summed E-state index contributed by atoms with van der Waals surface area (Å²) in [6.45, 7) is 0. The van der Waals surface area contributed by atoms with E-state index in [-0.39, 0.29) is 11.3 Å². The minimum atomic E-state index is -0.541. The Morgan fingerprint density at radius 1 is 1.24 bits per heavy atom. The van der Waals surface area contributed by atoms with Crippen molar-refractivity contribution in [3.05, 3.63) is 51.8 Å². The fourth-order valence-electron chi connectivity index (χ4n) is 2.25. The number of halogens is 1. The van der Waals surface area contributed by atoms with E-state index in [1.807, 2.05) is 35.7 Å². The standard InChI is InChI=1S/C16H11BrO3S/c1-20-16(19)13-8-12(9-2-4-10(17)5-3-9)11-6-7-21-15(11)14(13)18/h2-8,18H,1H3. The summed E-state index contributed by atoms with van der Waals surface area (Å²) < 4.78 is 6.43. The van der Waals surface area contributed by atoms with Crippen LogP contribution in [0.3, 0.4) is 0 Å². The lowest BCUT2D eigenvalue weighted by Gasteiger charge is -2.09. The van der Waals surface area contributed by atoms with Crippen LogP contribution in [0.2, 0.25) is 0 Å². The van der Waals surface area contributed by atoms with E-state index in [4.69, 9.17) is 4.74 Å². The van der Waals surface area contributed by atoms with Gasteiger partial charge in [-0.25, -0.2) is 4.79 Å². The average molecular weight is 363 g/mol. The Kier molecular flexibility index (Phi) is 3.69. The molecule has 0 saturated heterocycles. The fourth-order valence-corrected chi connectivity index (χ4v) is 3.38. The molecule has 0 aliphatic heterocycles. The number of phenolic OH excluding ortho intramolecular Hbond substituents is 1. The minimum Gasteiger partial charge on any atom is -0.506 e. The van der Waals surface area contributed by atoms with Gasteiger partial charge in [0.25, 0.3) is 0 Å². The summed E-state index contributed by atoms with van der Waals surface area (Å²) in [7, 11) is 1.31. The molecule has 21 heavy (non-hydrogen) atoms. The average Bonchev–Trinajstić information content (AvgIpc) is 2.98. The molecule has 5 heteroatoms. The Hall–Kier alpha value is -1.85. The third kappa shape index (κ3) is 2.43.